The van der Waals surface area contributed by atoms with Crippen LogP contribution in [0.3, 0.4) is 0 Å². The molecule has 0 aliphatic carbocycles. The Hall–Kier alpha value is -0.240. The molecule has 90 valence electrons. The van der Waals surface area contributed by atoms with Gasteiger partial charge in [-0.15, -0.1) is 11.6 Å². The lowest BCUT2D eigenvalue weighted by Crippen LogP contribution is -2.37. The van der Waals surface area contributed by atoms with Crippen LogP contribution in [0.4, 0.5) is 0 Å². The molecule has 0 fully saturated rings. The molecule has 2 nitrogen and oxygen atoms in total. The lowest BCUT2D eigenvalue weighted by atomic mass is 9.97. The molecule has 0 rings (SSSR count). The molecule has 0 aliphatic rings. The fraction of sp³-hybridized carbons (Fsp3) is 0.917. The van der Waals surface area contributed by atoms with E-state index in [2.05, 4.69) is 19.2 Å². The molecule has 3 heteroatoms. The van der Waals surface area contributed by atoms with Gasteiger partial charge in [0.25, 0.3) is 0 Å². The molecule has 0 saturated carbocycles. The number of hydrogen-bond donors (Lipinski definition) is 1. The van der Waals surface area contributed by atoms with Crippen LogP contribution >= 0.6 is 11.6 Å². The Morgan fingerprint density at radius 2 is 1.73 bits per heavy atom. The zero-order chi connectivity index (χ0) is 11.7. The average Bonchev–Trinajstić information content (AvgIpc) is 2.17. The highest BCUT2D eigenvalue weighted by atomic mass is 35.5. The van der Waals surface area contributed by atoms with Crippen LogP contribution in [0, 0.1) is 5.92 Å². The highest BCUT2D eigenvalue weighted by Crippen LogP contribution is 2.14. The molecule has 0 saturated heterocycles. The molecule has 0 spiro atoms. The van der Waals surface area contributed by atoms with Crippen molar-refractivity contribution < 1.29 is 4.79 Å². The van der Waals surface area contributed by atoms with E-state index in [0.29, 0.717) is 5.88 Å². The summed E-state index contributed by atoms with van der Waals surface area (Å²) in [6.45, 7) is 6.26. The van der Waals surface area contributed by atoms with Gasteiger partial charge in [0.1, 0.15) is 0 Å². The second-order valence-electron chi connectivity index (χ2n) is 4.16. The van der Waals surface area contributed by atoms with Gasteiger partial charge in [0.15, 0.2) is 0 Å². The standard InChI is InChI=1S/C12H24ClNO/c1-4-6-11(7-5-2)12(15)14-10(3)8-9-13/h10-11H,4-9H2,1-3H3,(H,14,15). The quantitative estimate of drug-likeness (QED) is 0.641. The van der Waals surface area contributed by atoms with Crippen LogP contribution in [0.25, 0.3) is 0 Å². The van der Waals surface area contributed by atoms with Crippen LogP contribution in [0.15, 0.2) is 0 Å². The third-order valence-electron chi connectivity index (χ3n) is 2.58. The molecule has 1 amide bonds. The number of alkyl halides is 1. The molecule has 0 heterocycles. The van der Waals surface area contributed by atoms with Crippen LogP contribution < -0.4 is 5.32 Å². The summed E-state index contributed by atoms with van der Waals surface area (Å²) in [7, 11) is 0. The molecule has 0 aromatic carbocycles. The Balaban J connectivity index is 4.00. The van der Waals surface area contributed by atoms with Gasteiger partial charge in [-0.2, -0.15) is 0 Å². The molecule has 1 atom stereocenters. The second kappa shape index (κ2) is 9.02. The highest BCUT2D eigenvalue weighted by molar-refractivity contribution is 6.17. The summed E-state index contributed by atoms with van der Waals surface area (Å²) in [6.07, 6.45) is 4.97. The van der Waals surface area contributed by atoms with Crippen LogP contribution in [-0.4, -0.2) is 17.8 Å². The lowest BCUT2D eigenvalue weighted by Gasteiger charge is -2.18. The number of nitrogens with one attached hydrogen (secondary N) is 1. The first-order valence-corrected chi connectivity index (χ1v) is 6.55. The minimum Gasteiger partial charge on any atom is -0.353 e. The van der Waals surface area contributed by atoms with E-state index in [4.69, 9.17) is 11.6 Å². The Labute approximate surface area is 98.8 Å². The van der Waals surface area contributed by atoms with E-state index >= 15 is 0 Å². The summed E-state index contributed by atoms with van der Waals surface area (Å²) in [5, 5.41) is 3.03. The van der Waals surface area contributed by atoms with Gasteiger partial charge < -0.3 is 5.32 Å². The van der Waals surface area contributed by atoms with E-state index in [1.807, 2.05) is 6.92 Å². The molecule has 0 radical (unpaired) electrons. The molecule has 1 unspecified atom stereocenters. The van der Waals surface area contributed by atoms with Crippen molar-refractivity contribution in [2.45, 2.75) is 58.9 Å². The van der Waals surface area contributed by atoms with Gasteiger partial charge in [-0.05, 0) is 26.2 Å². The predicted octanol–water partition coefficient (Wildman–Crippen LogP) is 3.34. The van der Waals surface area contributed by atoms with Crippen molar-refractivity contribution in [2.75, 3.05) is 5.88 Å². The number of amides is 1. The fourth-order valence-electron chi connectivity index (χ4n) is 1.70. The third kappa shape index (κ3) is 6.77. The summed E-state index contributed by atoms with van der Waals surface area (Å²) >= 11 is 5.63. The molecule has 1 N–H and O–H groups in total. The Morgan fingerprint density at radius 1 is 1.20 bits per heavy atom. The molecular formula is C12H24ClNO. The minimum absolute atomic E-state index is 0.192. The van der Waals surface area contributed by atoms with Crippen molar-refractivity contribution >= 4 is 17.5 Å². The van der Waals surface area contributed by atoms with E-state index < -0.39 is 0 Å². The maximum atomic E-state index is 11.9. The van der Waals surface area contributed by atoms with Crippen molar-refractivity contribution in [3.8, 4) is 0 Å². The molecule has 0 bridgehead atoms. The average molecular weight is 234 g/mol. The number of rotatable bonds is 8. The summed E-state index contributed by atoms with van der Waals surface area (Å²) in [4.78, 5) is 11.9. The zero-order valence-corrected chi connectivity index (χ0v) is 10.9. The van der Waals surface area contributed by atoms with E-state index in [1.54, 1.807) is 0 Å². The van der Waals surface area contributed by atoms with Crippen molar-refractivity contribution in [3.63, 3.8) is 0 Å². The second-order valence-corrected chi connectivity index (χ2v) is 4.54. The monoisotopic (exact) mass is 233 g/mol. The van der Waals surface area contributed by atoms with Crippen molar-refractivity contribution in [2.24, 2.45) is 5.92 Å². The van der Waals surface area contributed by atoms with Gasteiger partial charge in [0, 0.05) is 17.8 Å². The van der Waals surface area contributed by atoms with Crippen molar-refractivity contribution in [1.82, 2.24) is 5.32 Å². The van der Waals surface area contributed by atoms with Crippen LogP contribution in [0.2, 0.25) is 0 Å². The normalized spacial score (nSPS) is 12.9. The third-order valence-corrected chi connectivity index (χ3v) is 2.79. The maximum absolute atomic E-state index is 11.9. The van der Waals surface area contributed by atoms with Gasteiger partial charge in [-0.1, -0.05) is 26.7 Å². The lowest BCUT2D eigenvalue weighted by molar-refractivity contribution is -0.126. The van der Waals surface area contributed by atoms with Gasteiger partial charge in [0.2, 0.25) is 5.91 Å². The highest BCUT2D eigenvalue weighted by Gasteiger charge is 2.17. The van der Waals surface area contributed by atoms with Crippen LogP contribution in [0.5, 0.6) is 0 Å². The Bertz CT molecular complexity index is 167. The smallest absolute Gasteiger partial charge is 0.223 e. The molecule has 0 aromatic heterocycles. The SMILES string of the molecule is CCCC(CCC)C(=O)NC(C)CCCl. The molecule has 0 aromatic rings. The first-order valence-electron chi connectivity index (χ1n) is 6.02. The van der Waals surface area contributed by atoms with Crippen LogP contribution in [-0.2, 0) is 4.79 Å². The summed E-state index contributed by atoms with van der Waals surface area (Å²) in [5.41, 5.74) is 0. The summed E-state index contributed by atoms with van der Waals surface area (Å²) < 4.78 is 0. The van der Waals surface area contributed by atoms with E-state index in [1.165, 1.54) is 0 Å². The number of carbonyl (C=O) groups excluding carboxylic acids is 1. The van der Waals surface area contributed by atoms with Crippen molar-refractivity contribution in [3.05, 3.63) is 0 Å². The van der Waals surface area contributed by atoms with Gasteiger partial charge >= 0.3 is 0 Å². The topological polar surface area (TPSA) is 29.1 Å². The van der Waals surface area contributed by atoms with Crippen LogP contribution in [0.1, 0.15) is 52.9 Å². The number of halogens is 1. The number of hydrogen-bond acceptors (Lipinski definition) is 1. The van der Waals surface area contributed by atoms with Gasteiger partial charge in [0.05, 0.1) is 0 Å². The van der Waals surface area contributed by atoms with Gasteiger partial charge in [-0.3, -0.25) is 4.79 Å². The van der Waals surface area contributed by atoms with Gasteiger partial charge in [-0.25, -0.2) is 0 Å². The Kier molecular flexibility index (Phi) is 8.88. The summed E-state index contributed by atoms with van der Waals surface area (Å²) in [5.74, 6) is 1.00. The number of carbonyl (C=O) groups is 1. The van der Waals surface area contributed by atoms with E-state index in [9.17, 15) is 4.79 Å². The van der Waals surface area contributed by atoms with Crippen molar-refractivity contribution in [1.29, 1.82) is 0 Å². The molecule has 0 aliphatic heterocycles. The predicted molar refractivity (Wildman–Crippen MR) is 66.2 cm³/mol. The zero-order valence-electron chi connectivity index (χ0n) is 10.2. The largest absolute Gasteiger partial charge is 0.353 e. The summed E-state index contributed by atoms with van der Waals surface area (Å²) in [6, 6.07) is 0.200. The Morgan fingerprint density at radius 3 is 2.13 bits per heavy atom. The first kappa shape index (κ1) is 14.8. The first-order chi connectivity index (χ1) is 7.15. The maximum Gasteiger partial charge on any atom is 0.223 e. The molecular weight excluding hydrogens is 210 g/mol. The van der Waals surface area contributed by atoms with E-state index in [-0.39, 0.29) is 17.9 Å². The fourth-order valence-corrected chi connectivity index (χ4v) is 2.03. The van der Waals surface area contributed by atoms with E-state index in [0.717, 1.165) is 32.1 Å². The molecule has 15 heavy (non-hydrogen) atoms. The minimum atomic E-state index is 0.192.